The maximum Gasteiger partial charge on any atom is 0.239 e. The van der Waals surface area contributed by atoms with Crippen molar-refractivity contribution in [3.05, 3.63) is 24.3 Å². The minimum Gasteiger partial charge on any atom is -0.495 e. The fourth-order valence-corrected chi connectivity index (χ4v) is 2.15. The Labute approximate surface area is 126 Å². The zero-order chi connectivity index (χ0) is 15.9. The van der Waals surface area contributed by atoms with E-state index >= 15 is 0 Å². The molecule has 0 fully saturated rings. The molecule has 5 nitrogen and oxygen atoms in total. The molecule has 0 aliphatic carbocycles. The lowest BCUT2D eigenvalue weighted by atomic mass is 9.88. The van der Waals surface area contributed by atoms with Crippen LogP contribution in [0.4, 0.5) is 5.69 Å². The smallest absolute Gasteiger partial charge is 0.239 e. The molecule has 5 heteroatoms. The van der Waals surface area contributed by atoms with Gasteiger partial charge in [0, 0.05) is 0 Å². The van der Waals surface area contributed by atoms with Gasteiger partial charge >= 0.3 is 0 Å². The highest BCUT2D eigenvalue weighted by Crippen LogP contribution is 2.23. The number of benzene rings is 1. The van der Waals surface area contributed by atoms with E-state index in [4.69, 9.17) is 4.74 Å². The van der Waals surface area contributed by atoms with Gasteiger partial charge < -0.3 is 20.5 Å². The SMILES string of the molecule is COc1ccccc1NCC(=O)NC(CO)CC(C)(C)C. The van der Waals surface area contributed by atoms with E-state index < -0.39 is 0 Å². The second-order valence-corrected chi connectivity index (χ2v) is 6.27. The number of hydrogen-bond donors (Lipinski definition) is 3. The number of para-hydroxylation sites is 2. The zero-order valence-electron chi connectivity index (χ0n) is 13.3. The summed E-state index contributed by atoms with van der Waals surface area (Å²) in [7, 11) is 1.59. The lowest BCUT2D eigenvalue weighted by Crippen LogP contribution is -2.42. The van der Waals surface area contributed by atoms with Crippen LogP contribution < -0.4 is 15.4 Å². The molecule has 118 valence electrons. The Kier molecular flexibility index (Phi) is 6.49. The first-order valence-electron chi connectivity index (χ1n) is 7.13. The van der Waals surface area contributed by atoms with Gasteiger partial charge in [0.25, 0.3) is 0 Å². The first kappa shape index (κ1) is 17.3. The van der Waals surface area contributed by atoms with Crippen LogP contribution in [-0.4, -0.2) is 37.3 Å². The molecule has 3 N–H and O–H groups in total. The van der Waals surface area contributed by atoms with Crippen LogP contribution in [0.1, 0.15) is 27.2 Å². The van der Waals surface area contributed by atoms with Gasteiger partial charge in [0.2, 0.25) is 5.91 Å². The van der Waals surface area contributed by atoms with E-state index in [9.17, 15) is 9.90 Å². The highest BCUT2D eigenvalue weighted by Gasteiger charge is 2.19. The van der Waals surface area contributed by atoms with Gasteiger partial charge in [-0.05, 0) is 24.0 Å². The number of aliphatic hydroxyl groups excluding tert-OH is 1. The summed E-state index contributed by atoms with van der Waals surface area (Å²) in [5, 5.41) is 15.2. The van der Waals surface area contributed by atoms with Gasteiger partial charge in [0.1, 0.15) is 5.75 Å². The molecule has 0 aliphatic heterocycles. The molecule has 0 saturated carbocycles. The number of carbonyl (C=O) groups is 1. The Morgan fingerprint density at radius 3 is 2.57 bits per heavy atom. The molecule has 0 heterocycles. The van der Waals surface area contributed by atoms with Crippen molar-refractivity contribution < 1.29 is 14.6 Å². The maximum absolute atomic E-state index is 11.9. The van der Waals surface area contributed by atoms with E-state index in [1.807, 2.05) is 24.3 Å². The lowest BCUT2D eigenvalue weighted by molar-refractivity contribution is -0.120. The van der Waals surface area contributed by atoms with E-state index in [1.165, 1.54) is 0 Å². The summed E-state index contributed by atoms with van der Waals surface area (Å²) in [6.07, 6.45) is 0.726. The molecule has 1 unspecified atom stereocenters. The van der Waals surface area contributed by atoms with Crippen LogP contribution in [0.2, 0.25) is 0 Å². The van der Waals surface area contributed by atoms with Crippen molar-refractivity contribution >= 4 is 11.6 Å². The van der Waals surface area contributed by atoms with Crippen molar-refractivity contribution in [1.29, 1.82) is 0 Å². The maximum atomic E-state index is 11.9. The molecule has 0 saturated heterocycles. The number of anilines is 1. The zero-order valence-corrected chi connectivity index (χ0v) is 13.3. The molecule has 21 heavy (non-hydrogen) atoms. The summed E-state index contributed by atoms with van der Waals surface area (Å²) in [6, 6.07) is 7.20. The number of methoxy groups -OCH3 is 1. The van der Waals surface area contributed by atoms with Crippen molar-refractivity contribution in [2.45, 2.75) is 33.2 Å². The first-order valence-corrected chi connectivity index (χ1v) is 7.13. The number of carbonyl (C=O) groups excluding carboxylic acids is 1. The fourth-order valence-electron chi connectivity index (χ4n) is 2.15. The van der Waals surface area contributed by atoms with Crippen LogP contribution in [0, 0.1) is 5.41 Å². The first-order chi connectivity index (χ1) is 9.85. The van der Waals surface area contributed by atoms with Crippen LogP contribution in [-0.2, 0) is 4.79 Å². The number of aliphatic hydroxyl groups is 1. The minimum absolute atomic E-state index is 0.0523. The normalized spacial score (nSPS) is 12.6. The number of nitrogens with one attached hydrogen (secondary N) is 2. The quantitative estimate of drug-likeness (QED) is 0.719. The van der Waals surface area contributed by atoms with Crippen LogP contribution in [0.25, 0.3) is 0 Å². The largest absolute Gasteiger partial charge is 0.495 e. The summed E-state index contributed by atoms with van der Waals surface area (Å²) in [5.74, 6) is 0.544. The Bertz CT molecular complexity index is 455. The van der Waals surface area contributed by atoms with Crippen LogP contribution in [0.5, 0.6) is 5.75 Å². The van der Waals surface area contributed by atoms with Gasteiger partial charge in [-0.2, -0.15) is 0 Å². The molecule has 0 aliphatic rings. The monoisotopic (exact) mass is 294 g/mol. The summed E-state index contributed by atoms with van der Waals surface area (Å²) < 4.78 is 5.21. The van der Waals surface area contributed by atoms with Crippen LogP contribution in [0.3, 0.4) is 0 Å². The third-order valence-electron chi connectivity index (χ3n) is 2.99. The van der Waals surface area contributed by atoms with Crippen molar-refractivity contribution in [1.82, 2.24) is 5.32 Å². The average molecular weight is 294 g/mol. The second kappa shape index (κ2) is 7.88. The Balaban J connectivity index is 2.50. The number of rotatable bonds is 7. The highest BCUT2D eigenvalue weighted by atomic mass is 16.5. The predicted molar refractivity (Wildman–Crippen MR) is 84.6 cm³/mol. The molecule has 1 amide bonds. The lowest BCUT2D eigenvalue weighted by Gasteiger charge is -2.25. The van der Waals surface area contributed by atoms with Gasteiger partial charge in [-0.15, -0.1) is 0 Å². The summed E-state index contributed by atoms with van der Waals surface area (Å²) in [4.78, 5) is 11.9. The summed E-state index contributed by atoms with van der Waals surface area (Å²) >= 11 is 0. The van der Waals surface area contributed by atoms with Gasteiger partial charge in [0.15, 0.2) is 0 Å². The highest BCUT2D eigenvalue weighted by molar-refractivity contribution is 5.81. The topological polar surface area (TPSA) is 70.6 Å². The molecular weight excluding hydrogens is 268 g/mol. The molecule has 0 aromatic heterocycles. The Morgan fingerprint density at radius 2 is 2.00 bits per heavy atom. The van der Waals surface area contributed by atoms with E-state index in [-0.39, 0.29) is 30.5 Å². The van der Waals surface area contributed by atoms with Crippen molar-refractivity contribution in [2.24, 2.45) is 5.41 Å². The predicted octanol–water partition coefficient (Wildman–Crippen LogP) is 2.02. The molecule has 0 spiro atoms. The molecular formula is C16H26N2O3. The van der Waals surface area contributed by atoms with E-state index in [1.54, 1.807) is 7.11 Å². The van der Waals surface area contributed by atoms with Gasteiger partial charge in [-0.3, -0.25) is 4.79 Å². The second-order valence-electron chi connectivity index (χ2n) is 6.27. The van der Waals surface area contributed by atoms with Crippen LogP contribution >= 0.6 is 0 Å². The Morgan fingerprint density at radius 1 is 1.33 bits per heavy atom. The summed E-state index contributed by atoms with van der Waals surface area (Å²) in [6.45, 7) is 6.32. The van der Waals surface area contributed by atoms with Gasteiger partial charge in [-0.1, -0.05) is 32.9 Å². The molecule has 1 atom stereocenters. The summed E-state index contributed by atoms with van der Waals surface area (Å²) in [5.41, 5.74) is 0.822. The average Bonchev–Trinajstić information content (AvgIpc) is 2.43. The molecule has 1 rings (SSSR count). The van der Waals surface area contributed by atoms with Crippen molar-refractivity contribution in [3.8, 4) is 5.75 Å². The molecule has 0 radical (unpaired) electrons. The molecule has 0 bridgehead atoms. The van der Waals surface area contributed by atoms with Crippen molar-refractivity contribution in [3.63, 3.8) is 0 Å². The number of hydrogen-bond acceptors (Lipinski definition) is 4. The van der Waals surface area contributed by atoms with E-state index in [0.717, 1.165) is 12.1 Å². The molecule has 1 aromatic rings. The van der Waals surface area contributed by atoms with E-state index in [0.29, 0.717) is 5.75 Å². The fraction of sp³-hybridized carbons (Fsp3) is 0.562. The van der Waals surface area contributed by atoms with Gasteiger partial charge in [-0.25, -0.2) is 0 Å². The van der Waals surface area contributed by atoms with Crippen LogP contribution in [0.15, 0.2) is 24.3 Å². The number of ether oxygens (including phenoxy) is 1. The Hall–Kier alpha value is -1.75. The van der Waals surface area contributed by atoms with E-state index in [2.05, 4.69) is 31.4 Å². The van der Waals surface area contributed by atoms with Crippen molar-refractivity contribution in [2.75, 3.05) is 25.6 Å². The standard InChI is InChI=1S/C16H26N2O3/c1-16(2,3)9-12(11-19)18-15(20)10-17-13-7-5-6-8-14(13)21-4/h5-8,12,17,19H,9-11H2,1-4H3,(H,18,20). The number of amides is 1. The third-order valence-corrected chi connectivity index (χ3v) is 2.99. The minimum atomic E-state index is -0.225. The van der Waals surface area contributed by atoms with Gasteiger partial charge in [0.05, 0.1) is 32.0 Å². The third kappa shape index (κ3) is 6.49. The molecule has 1 aromatic carbocycles.